The number of nitrogens with zero attached hydrogens (tertiary/aromatic N) is 2. The first-order chi connectivity index (χ1) is 15.9. The number of para-hydroxylation sites is 1. The molecule has 6 nitrogen and oxygen atoms in total. The maximum atomic E-state index is 13.4. The topological polar surface area (TPSA) is 73.5 Å². The minimum Gasteiger partial charge on any atom is -0.361 e. The molecule has 0 aliphatic rings. The van der Waals surface area contributed by atoms with Gasteiger partial charge in [0.25, 0.3) is 0 Å². The maximum absolute atomic E-state index is 13.4. The fraction of sp³-hybridized carbons (Fsp3) is 0.423. The number of unbranched alkanes of at least 4 members (excludes halogenated alkanes) is 1. The Hall–Kier alpha value is -2.64. The Bertz CT molecular complexity index is 1130. The molecule has 0 saturated carbocycles. The van der Waals surface area contributed by atoms with Gasteiger partial charge in [0, 0.05) is 36.7 Å². The fourth-order valence-electron chi connectivity index (χ4n) is 3.96. The van der Waals surface area contributed by atoms with Crippen LogP contribution in [0.25, 0.3) is 10.9 Å². The van der Waals surface area contributed by atoms with Crippen molar-refractivity contribution in [3.05, 3.63) is 71.9 Å². The lowest BCUT2D eigenvalue weighted by Gasteiger charge is -2.27. The molecular formula is C26H35N3O3S. The van der Waals surface area contributed by atoms with E-state index in [1.54, 1.807) is 4.90 Å². The van der Waals surface area contributed by atoms with E-state index >= 15 is 0 Å². The Balaban J connectivity index is 1.77. The number of carbonyl (C=O) groups excluding carboxylic acids is 1. The predicted octanol–water partition coefficient (Wildman–Crippen LogP) is 4.58. The van der Waals surface area contributed by atoms with Crippen LogP contribution in [-0.2, 0) is 27.8 Å². The van der Waals surface area contributed by atoms with E-state index in [0.717, 1.165) is 28.5 Å². The van der Waals surface area contributed by atoms with Gasteiger partial charge in [-0.15, -0.1) is 0 Å². The number of benzene rings is 2. The Morgan fingerprint density at radius 1 is 0.939 bits per heavy atom. The van der Waals surface area contributed by atoms with Gasteiger partial charge in [-0.2, -0.15) is 4.31 Å². The number of amides is 1. The number of hydrogen-bond donors (Lipinski definition) is 1. The molecule has 0 bridgehead atoms. The van der Waals surface area contributed by atoms with Crippen LogP contribution in [0.15, 0.2) is 60.8 Å². The highest BCUT2D eigenvalue weighted by Gasteiger charge is 2.26. The van der Waals surface area contributed by atoms with Crippen molar-refractivity contribution in [2.45, 2.75) is 46.1 Å². The maximum Gasteiger partial charge on any atom is 0.238 e. The molecule has 3 aromatic rings. The van der Waals surface area contributed by atoms with E-state index in [4.69, 9.17) is 0 Å². The van der Waals surface area contributed by atoms with Crippen LogP contribution >= 0.6 is 0 Å². The quantitative estimate of drug-likeness (QED) is 0.398. The second-order valence-electron chi connectivity index (χ2n) is 8.41. The summed E-state index contributed by atoms with van der Waals surface area (Å²) in [5.41, 5.74) is 3.25. The van der Waals surface area contributed by atoms with Gasteiger partial charge in [0.2, 0.25) is 15.9 Å². The molecule has 178 valence electrons. The zero-order valence-electron chi connectivity index (χ0n) is 19.7. The Morgan fingerprint density at radius 3 is 2.39 bits per heavy atom. The van der Waals surface area contributed by atoms with E-state index in [1.165, 1.54) is 4.31 Å². The van der Waals surface area contributed by atoms with Gasteiger partial charge >= 0.3 is 0 Å². The van der Waals surface area contributed by atoms with E-state index in [2.05, 4.69) is 11.1 Å². The molecule has 1 aromatic heterocycles. The van der Waals surface area contributed by atoms with Crippen molar-refractivity contribution in [1.29, 1.82) is 0 Å². The molecular weight excluding hydrogens is 434 g/mol. The number of aromatic nitrogens is 1. The van der Waals surface area contributed by atoms with Crippen molar-refractivity contribution in [3.8, 4) is 0 Å². The molecule has 33 heavy (non-hydrogen) atoms. The molecule has 0 unspecified atom stereocenters. The minimum absolute atomic E-state index is 0.0881. The van der Waals surface area contributed by atoms with Crippen molar-refractivity contribution in [2.75, 3.05) is 25.4 Å². The normalized spacial score (nSPS) is 11.8. The summed E-state index contributed by atoms with van der Waals surface area (Å²) in [7, 11) is -3.45. The summed E-state index contributed by atoms with van der Waals surface area (Å²) < 4.78 is 27.0. The van der Waals surface area contributed by atoms with Crippen molar-refractivity contribution >= 4 is 26.8 Å². The largest absolute Gasteiger partial charge is 0.361 e. The average Bonchev–Trinajstić information content (AvgIpc) is 3.24. The van der Waals surface area contributed by atoms with E-state index in [1.807, 2.05) is 68.6 Å². The number of hydrogen-bond acceptors (Lipinski definition) is 3. The lowest BCUT2D eigenvalue weighted by Crippen LogP contribution is -2.44. The summed E-state index contributed by atoms with van der Waals surface area (Å²) in [6.07, 6.45) is 4.77. The minimum atomic E-state index is -3.45. The Labute approximate surface area is 197 Å². The predicted molar refractivity (Wildman–Crippen MR) is 134 cm³/mol. The third-order valence-corrected chi connectivity index (χ3v) is 7.73. The van der Waals surface area contributed by atoms with Gasteiger partial charge in [-0.3, -0.25) is 4.79 Å². The molecule has 1 heterocycles. The monoisotopic (exact) mass is 469 g/mol. The van der Waals surface area contributed by atoms with E-state index in [-0.39, 0.29) is 18.2 Å². The van der Waals surface area contributed by atoms with Crippen LogP contribution in [0.5, 0.6) is 0 Å². The average molecular weight is 470 g/mol. The van der Waals surface area contributed by atoms with Gasteiger partial charge in [0.1, 0.15) is 0 Å². The number of rotatable bonds is 13. The molecule has 0 aliphatic heterocycles. The summed E-state index contributed by atoms with van der Waals surface area (Å²) in [6.45, 7) is 5.13. The molecule has 0 fully saturated rings. The summed E-state index contributed by atoms with van der Waals surface area (Å²) >= 11 is 0. The highest BCUT2D eigenvalue weighted by Crippen LogP contribution is 2.19. The molecule has 0 atom stereocenters. The van der Waals surface area contributed by atoms with Crippen LogP contribution in [0.2, 0.25) is 0 Å². The van der Waals surface area contributed by atoms with Gasteiger partial charge in [0.15, 0.2) is 0 Å². The summed E-state index contributed by atoms with van der Waals surface area (Å²) in [4.78, 5) is 18.5. The fourth-order valence-corrected chi connectivity index (χ4v) is 5.64. The highest BCUT2D eigenvalue weighted by atomic mass is 32.2. The number of carbonyl (C=O) groups is 1. The number of sulfonamides is 1. The molecule has 0 saturated heterocycles. The second-order valence-corrected chi connectivity index (χ2v) is 10.5. The number of aromatic amines is 1. The van der Waals surface area contributed by atoms with Crippen LogP contribution in [0.3, 0.4) is 0 Å². The summed E-state index contributed by atoms with van der Waals surface area (Å²) in [6, 6.07) is 18.0. The van der Waals surface area contributed by atoms with Gasteiger partial charge < -0.3 is 9.88 Å². The Morgan fingerprint density at radius 2 is 1.67 bits per heavy atom. The zero-order chi connectivity index (χ0) is 23.7. The van der Waals surface area contributed by atoms with E-state index in [0.29, 0.717) is 38.9 Å². The van der Waals surface area contributed by atoms with E-state index < -0.39 is 10.0 Å². The number of fused-ring (bicyclic) bond motifs is 1. The smallest absolute Gasteiger partial charge is 0.238 e. The summed E-state index contributed by atoms with van der Waals surface area (Å²) in [5.74, 6) is -0.0719. The van der Waals surface area contributed by atoms with Crippen LogP contribution < -0.4 is 0 Å². The third-order valence-electron chi connectivity index (χ3n) is 5.83. The van der Waals surface area contributed by atoms with E-state index in [9.17, 15) is 13.2 Å². The molecule has 0 radical (unpaired) electrons. The van der Waals surface area contributed by atoms with Gasteiger partial charge in [0.05, 0.1) is 12.3 Å². The first-order valence-corrected chi connectivity index (χ1v) is 13.4. The number of H-pyrrole nitrogens is 1. The summed E-state index contributed by atoms with van der Waals surface area (Å²) in [5, 5.41) is 1.15. The standard InChI is InChI=1S/C26H35N3O3S/c1-3-5-18-33(31,32)29(16-4-2)21-26(30)28(20-22-11-7-6-8-12-22)17-15-23-19-27-25-14-10-9-13-24(23)25/h6-14,19,27H,3-5,15-18,20-21H2,1-2H3. The lowest BCUT2D eigenvalue weighted by atomic mass is 10.1. The van der Waals surface area contributed by atoms with Crippen molar-refractivity contribution in [3.63, 3.8) is 0 Å². The first-order valence-electron chi connectivity index (χ1n) is 11.8. The van der Waals surface area contributed by atoms with Crippen LogP contribution in [-0.4, -0.2) is 53.9 Å². The first kappa shape index (κ1) is 25.0. The van der Waals surface area contributed by atoms with Crippen LogP contribution in [0.4, 0.5) is 0 Å². The molecule has 0 aliphatic carbocycles. The van der Waals surface area contributed by atoms with Crippen molar-refractivity contribution < 1.29 is 13.2 Å². The zero-order valence-corrected chi connectivity index (χ0v) is 20.5. The van der Waals surface area contributed by atoms with Crippen molar-refractivity contribution in [2.24, 2.45) is 0 Å². The second kappa shape index (κ2) is 12.0. The molecule has 7 heteroatoms. The van der Waals surface area contributed by atoms with Gasteiger partial charge in [-0.25, -0.2) is 8.42 Å². The third kappa shape index (κ3) is 6.92. The molecule has 1 N–H and O–H groups in total. The van der Waals surface area contributed by atoms with Crippen LogP contribution in [0, 0.1) is 0 Å². The molecule has 0 spiro atoms. The molecule has 2 aromatic carbocycles. The lowest BCUT2D eigenvalue weighted by molar-refractivity contribution is -0.132. The molecule has 3 rings (SSSR count). The molecule has 1 amide bonds. The highest BCUT2D eigenvalue weighted by molar-refractivity contribution is 7.89. The van der Waals surface area contributed by atoms with Gasteiger partial charge in [-0.05, 0) is 36.5 Å². The van der Waals surface area contributed by atoms with Crippen molar-refractivity contribution in [1.82, 2.24) is 14.2 Å². The van der Waals surface area contributed by atoms with Crippen LogP contribution in [0.1, 0.15) is 44.2 Å². The number of nitrogens with one attached hydrogen (secondary N) is 1. The Kier molecular flexibility index (Phi) is 9.09. The van der Waals surface area contributed by atoms with Gasteiger partial charge in [-0.1, -0.05) is 68.8 Å². The SMILES string of the molecule is CCCCS(=O)(=O)N(CCC)CC(=O)N(CCc1c[nH]c2ccccc12)Cc1ccccc1.